The summed E-state index contributed by atoms with van der Waals surface area (Å²) in [5.74, 6) is -9.65. The predicted molar refractivity (Wildman–Crippen MR) is 61.7 cm³/mol. The van der Waals surface area contributed by atoms with E-state index in [2.05, 4.69) is 0 Å². The van der Waals surface area contributed by atoms with E-state index in [1.165, 1.54) is 0 Å². The summed E-state index contributed by atoms with van der Waals surface area (Å²) in [4.78, 5) is 10.0. The molecule has 2 aromatic carbocycles. The van der Waals surface area contributed by atoms with Gasteiger partial charge in [0.25, 0.3) is 0 Å². The zero-order chi connectivity index (χ0) is 14.4. The van der Waals surface area contributed by atoms with Gasteiger partial charge in [0, 0.05) is 11.6 Å². The quantitative estimate of drug-likeness (QED) is 0.345. The van der Waals surface area contributed by atoms with Crippen LogP contribution in [0.15, 0.2) is 36.4 Å². The van der Waals surface area contributed by atoms with Gasteiger partial charge in [-0.25, -0.2) is 22.0 Å². The number of rotatable bonds is 1. The van der Waals surface area contributed by atoms with Crippen molar-refractivity contribution >= 4 is 6.29 Å². The molecule has 0 heterocycles. The van der Waals surface area contributed by atoms with E-state index < -0.39 is 29.1 Å². The van der Waals surface area contributed by atoms with Crippen molar-refractivity contribution in [1.29, 1.82) is 0 Å². The lowest BCUT2D eigenvalue weighted by atomic mass is 10.2. The molecule has 0 saturated carbocycles. The molecule has 0 bridgehead atoms. The summed E-state index contributed by atoms with van der Waals surface area (Å²) < 4.78 is 60.0. The Bertz CT molecular complexity index is 546. The van der Waals surface area contributed by atoms with Crippen LogP contribution in [0, 0.1) is 29.1 Å². The van der Waals surface area contributed by atoms with E-state index in [4.69, 9.17) is 0 Å². The normalized spacial score (nSPS) is 9.05. The molecule has 2 N–H and O–H groups in total. The summed E-state index contributed by atoms with van der Waals surface area (Å²) in [6.07, 6.45) is 0.833. The zero-order valence-electron chi connectivity index (χ0n) is 9.84. The molecule has 0 aromatic heterocycles. The van der Waals surface area contributed by atoms with Crippen molar-refractivity contribution in [3.63, 3.8) is 0 Å². The Labute approximate surface area is 110 Å². The predicted octanol–water partition coefficient (Wildman–Crippen LogP) is 3.06. The molecule has 0 aliphatic carbocycles. The Kier molecular flexibility index (Phi) is 7.09. The van der Waals surface area contributed by atoms with Crippen molar-refractivity contribution < 1.29 is 32.2 Å². The molecule has 7 heteroatoms. The number of carbonyl (C=O) groups is 1. The molecule has 20 heavy (non-hydrogen) atoms. The number of hydrogen-bond acceptors (Lipinski definition) is 1. The van der Waals surface area contributed by atoms with Gasteiger partial charge in [-0.15, -0.1) is 0 Å². The molecule has 0 unspecified atom stereocenters. The van der Waals surface area contributed by atoms with Gasteiger partial charge in [0.15, 0.2) is 23.3 Å². The van der Waals surface area contributed by atoms with Gasteiger partial charge in [0.05, 0.1) is 0 Å². The van der Waals surface area contributed by atoms with E-state index in [0.29, 0.717) is 0 Å². The largest absolute Gasteiger partial charge is 0.412 e. The van der Waals surface area contributed by atoms with E-state index in [1.54, 1.807) is 12.1 Å². The summed E-state index contributed by atoms with van der Waals surface area (Å²) >= 11 is 0. The fraction of sp³-hybridized carbons (Fsp3) is 0. The van der Waals surface area contributed by atoms with Crippen molar-refractivity contribution in [2.75, 3.05) is 0 Å². The van der Waals surface area contributed by atoms with Gasteiger partial charge in [0.2, 0.25) is 5.82 Å². The second-order valence-electron chi connectivity index (χ2n) is 3.31. The average Bonchev–Trinajstić information content (AvgIpc) is 2.44. The fourth-order valence-electron chi connectivity index (χ4n) is 1.08. The summed E-state index contributed by atoms with van der Waals surface area (Å²) in [5.41, 5.74) is 0.729. The van der Waals surface area contributed by atoms with Crippen LogP contribution >= 0.6 is 0 Å². The summed E-state index contributed by atoms with van der Waals surface area (Å²) in [6.45, 7) is 0. The van der Waals surface area contributed by atoms with E-state index in [9.17, 15) is 26.7 Å². The van der Waals surface area contributed by atoms with Crippen molar-refractivity contribution in [3.05, 3.63) is 71.0 Å². The first kappa shape index (κ1) is 17.7. The summed E-state index contributed by atoms with van der Waals surface area (Å²) in [7, 11) is 0. The minimum absolute atomic E-state index is 0. The molecule has 0 aliphatic rings. The zero-order valence-corrected chi connectivity index (χ0v) is 9.84. The van der Waals surface area contributed by atoms with Crippen LogP contribution in [-0.2, 0) is 0 Å². The molecule has 0 amide bonds. The maximum atomic E-state index is 12.0. The summed E-state index contributed by atoms with van der Waals surface area (Å²) in [5, 5.41) is 0. The number of benzene rings is 2. The smallest absolute Gasteiger partial charge is 0.200 e. The molecule has 2 aromatic rings. The van der Waals surface area contributed by atoms with Crippen LogP contribution in [0.4, 0.5) is 22.0 Å². The first-order valence-corrected chi connectivity index (χ1v) is 4.96. The van der Waals surface area contributed by atoms with Crippen molar-refractivity contribution in [2.24, 2.45) is 0 Å². The second kappa shape index (κ2) is 8.00. The number of halogens is 5. The van der Waals surface area contributed by atoms with E-state index >= 15 is 0 Å². The van der Waals surface area contributed by atoms with Gasteiger partial charge in [-0.1, -0.05) is 30.3 Å². The first-order valence-electron chi connectivity index (χ1n) is 4.96. The van der Waals surface area contributed by atoms with Crippen molar-refractivity contribution in [2.45, 2.75) is 0 Å². The molecule has 2 nitrogen and oxygen atoms in total. The maximum absolute atomic E-state index is 12.0. The lowest BCUT2D eigenvalue weighted by Crippen LogP contribution is -1.98. The minimum atomic E-state index is -2.14. The molecule has 0 spiro atoms. The third kappa shape index (κ3) is 4.43. The first-order chi connectivity index (χ1) is 8.97. The van der Waals surface area contributed by atoms with E-state index in [-0.39, 0.29) is 11.5 Å². The van der Waals surface area contributed by atoms with Crippen LogP contribution in [0.1, 0.15) is 10.4 Å². The molecular weight excluding hydrogens is 283 g/mol. The molecule has 2 rings (SSSR count). The standard InChI is InChI=1S/C7H6O.C6HF5.H2O/c8-6-7-4-2-1-3-5-7;7-2-1-3(8)5(10)6(11)4(2)9;/h1-6H;1H;1H2. The van der Waals surface area contributed by atoms with Crippen molar-refractivity contribution in [1.82, 2.24) is 0 Å². The van der Waals surface area contributed by atoms with Crippen molar-refractivity contribution in [3.8, 4) is 0 Å². The van der Waals surface area contributed by atoms with Crippen LogP contribution in [-0.4, -0.2) is 11.8 Å². The molecule has 0 saturated heterocycles. The third-order valence-corrected chi connectivity index (χ3v) is 1.99. The Balaban J connectivity index is 0.000000359. The van der Waals surface area contributed by atoms with Gasteiger partial charge in [0.1, 0.15) is 6.29 Å². The Hall–Kier alpha value is -2.28. The summed E-state index contributed by atoms with van der Waals surface area (Å²) in [6, 6.07) is 9.04. The highest BCUT2D eigenvalue weighted by Gasteiger charge is 2.18. The highest BCUT2D eigenvalue weighted by atomic mass is 19.2. The Morgan fingerprint density at radius 3 is 1.55 bits per heavy atom. The lowest BCUT2D eigenvalue weighted by molar-refractivity contribution is 0.112. The minimum Gasteiger partial charge on any atom is -0.412 e. The van der Waals surface area contributed by atoms with Crippen LogP contribution in [0.2, 0.25) is 0 Å². The number of aldehydes is 1. The molecule has 0 radical (unpaired) electrons. The highest BCUT2D eigenvalue weighted by Crippen LogP contribution is 2.16. The SMILES string of the molecule is Fc1cc(F)c(F)c(F)c1F.O.O=Cc1ccccc1. The second-order valence-corrected chi connectivity index (χ2v) is 3.31. The maximum Gasteiger partial charge on any atom is 0.200 e. The fourth-order valence-corrected chi connectivity index (χ4v) is 1.08. The van der Waals surface area contributed by atoms with Crippen LogP contribution in [0.25, 0.3) is 0 Å². The Morgan fingerprint density at radius 2 is 1.20 bits per heavy atom. The Morgan fingerprint density at radius 1 is 0.750 bits per heavy atom. The van der Waals surface area contributed by atoms with Gasteiger partial charge in [-0.05, 0) is 0 Å². The van der Waals surface area contributed by atoms with Gasteiger partial charge in [-0.3, -0.25) is 4.79 Å². The molecule has 108 valence electrons. The molecule has 0 atom stereocenters. The van der Waals surface area contributed by atoms with Crippen LogP contribution < -0.4 is 0 Å². The number of carbonyl (C=O) groups excluding carboxylic acids is 1. The topological polar surface area (TPSA) is 48.6 Å². The molecular formula is C13H9F5O2. The van der Waals surface area contributed by atoms with Gasteiger partial charge in [-0.2, -0.15) is 0 Å². The van der Waals surface area contributed by atoms with Crippen LogP contribution in [0.3, 0.4) is 0 Å². The van der Waals surface area contributed by atoms with E-state index in [0.717, 1.165) is 11.8 Å². The van der Waals surface area contributed by atoms with Gasteiger partial charge >= 0.3 is 0 Å². The van der Waals surface area contributed by atoms with Crippen LogP contribution in [0.5, 0.6) is 0 Å². The average molecular weight is 292 g/mol. The van der Waals surface area contributed by atoms with E-state index in [1.807, 2.05) is 18.2 Å². The van der Waals surface area contributed by atoms with Gasteiger partial charge < -0.3 is 5.48 Å². The molecule has 0 fully saturated rings. The monoisotopic (exact) mass is 292 g/mol. The molecule has 0 aliphatic heterocycles. The highest BCUT2D eigenvalue weighted by molar-refractivity contribution is 5.74. The lowest BCUT2D eigenvalue weighted by Gasteiger charge is -1.96. The number of hydrogen-bond donors (Lipinski definition) is 0. The third-order valence-electron chi connectivity index (χ3n) is 1.99.